The quantitative estimate of drug-likeness (QED) is 0.657. The summed E-state index contributed by atoms with van der Waals surface area (Å²) in [7, 11) is 1.14. The number of alkyl halides is 3. The first-order valence-corrected chi connectivity index (χ1v) is 11.4. The Bertz CT molecular complexity index is 1160. The highest BCUT2D eigenvalue weighted by Gasteiger charge is 2.37. The standard InChI is InChI=1S/C24H27F3N4O4/c1-4-17(15-10-20(34-3)21(28-12-15)24(25,26)27)29-22(32)16-11-18(31-8-9-35-13-19(16)31)23(33)30-7-5-6-14(30)2/h10-12,17H,2,4-9,13H2,1,3H3,(H,29,32)/t17-/m1/s1. The number of aromatic nitrogens is 2. The maximum atomic E-state index is 13.3. The molecule has 2 aromatic rings. The molecule has 0 aliphatic carbocycles. The van der Waals surface area contributed by atoms with E-state index in [1.165, 1.54) is 6.07 Å². The maximum absolute atomic E-state index is 13.3. The molecule has 11 heteroatoms. The Hall–Kier alpha value is -3.34. The fraction of sp³-hybridized carbons (Fsp3) is 0.458. The van der Waals surface area contributed by atoms with Crippen molar-refractivity contribution in [3.63, 3.8) is 0 Å². The van der Waals surface area contributed by atoms with Gasteiger partial charge in [-0.2, -0.15) is 13.2 Å². The summed E-state index contributed by atoms with van der Waals surface area (Å²) < 4.78 is 51.8. The van der Waals surface area contributed by atoms with Crippen LogP contribution in [0.15, 0.2) is 30.6 Å². The molecule has 1 saturated heterocycles. The minimum atomic E-state index is -4.66. The Balaban J connectivity index is 1.62. The van der Waals surface area contributed by atoms with E-state index in [0.29, 0.717) is 48.6 Å². The zero-order valence-corrected chi connectivity index (χ0v) is 19.6. The molecule has 0 aromatic carbocycles. The van der Waals surface area contributed by atoms with Gasteiger partial charge in [0.1, 0.15) is 11.4 Å². The molecule has 4 rings (SSSR count). The van der Waals surface area contributed by atoms with Gasteiger partial charge in [-0.25, -0.2) is 4.98 Å². The van der Waals surface area contributed by atoms with Crippen molar-refractivity contribution < 1.29 is 32.2 Å². The highest BCUT2D eigenvalue weighted by molar-refractivity contribution is 6.01. The van der Waals surface area contributed by atoms with Crippen molar-refractivity contribution in [1.82, 2.24) is 19.8 Å². The van der Waals surface area contributed by atoms with Crippen molar-refractivity contribution in [2.24, 2.45) is 0 Å². The van der Waals surface area contributed by atoms with Gasteiger partial charge in [0.15, 0.2) is 5.69 Å². The van der Waals surface area contributed by atoms with Gasteiger partial charge in [0.25, 0.3) is 11.8 Å². The Morgan fingerprint density at radius 2 is 2.09 bits per heavy atom. The van der Waals surface area contributed by atoms with Crippen molar-refractivity contribution in [3.05, 3.63) is 58.8 Å². The Labute approximate surface area is 200 Å². The Morgan fingerprint density at radius 1 is 1.31 bits per heavy atom. The summed E-state index contributed by atoms with van der Waals surface area (Å²) in [6.07, 6.45) is -1.58. The summed E-state index contributed by atoms with van der Waals surface area (Å²) >= 11 is 0. The van der Waals surface area contributed by atoms with Gasteiger partial charge in [-0.3, -0.25) is 9.59 Å². The van der Waals surface area contributed by atoms with Gasteiger partial charge in [0.05, 0.1) is 37.6 Å². The number of carbonyl (C=O) groups excluding carboxylic acids is 2. The molecule has 0 bridgehead atoms. The summed E-state index contributed by atoms with van der Waals surface area (Å²) in [5.74, 6) is -1.08. The average Bonchev–Trinajstić information content (AvgIpc) is 3.44. The number of nitrogens with one attached hydrogen (secondary N) is 1. The highest BCUT2D eigenvalue weighted by atomic mass is 19.4. The van der Waals surface area contributed by atoms with Crippen LogP contribution in [0.2, 0.25) is 0 Å². The first kappa shape index (κ1) is 24.8. The fourth-order valence-corrected chi connectivity index (χ4v) is 4.49. The zero-order valence-electron chi connectivity index (χ0n) is 19.6. The van der Waals surface area contributed by atoms with E-state index < -0.39 is 29.6 Å². The first-order valence-electron chi connectivity index (χ1n) is 11.4. The molecule has 1 fully saturated rings. The summed E-state index contributed by atoms with van der Waals surface area (Å²) in [5.41, 5.74) is 1.26. The summed E-state index contributed by atoms with van der Waals surface area (Å²) in [4.78, 5) is 31.7. The van der Waals surface area contributed by atoms with E-state index >= 15 is 0 Å². The molecule has 2 aliphatic heterocycles. The number of likely N-dealkylation sites (tertiary alicyclic amines) is 1. The molecule has 4 heterocycles. The third kappa shape index (κ3) is 4.77. The summed E-state index contributed by atoms with van der Waals surface area (Å²) in [6.45, 7) is 7.35. The Kier molecular flexibility index (Phi) is 6.88. The lowest BCUT2D eigenvalue weighted by atomic mass is 10.0. The van der Waals surface area contributed by atoms with E-state index in [1.807, 2.05) is 0 Å². The second-order valence-corrected chi connectivity index (χ2v) is 8.47. The lowest BCUT2D eigenvalue weighted by Gasteiger charge is -2.22. The monoisotopic (exact) mass is 492 g/mol. The predicted molar refractivity (Wildman–Crippen MR) is 120 cm³/mol. The van der Waals surface area contributed by atoms with Crippen molar-refractivity contribution in [1.29, 1.82) is 0 Å². The number of fused-ring (bicyclic) bond motifs is 1. The van der Waals surface area contributed by atoms with Gasteiger partial charge in [0, 0.05) is 25.0 Å². The lowest BCUT2D eigenvalue weighted by Crippen LogP contribution is -2.30. The number of hydrogen-bond donors (Lipinski definition) is 1. The largest absolute Gasteiger partial charge is 0.494 e. The summed E-state index contributed by atoms with van der Waals surface area (Å²) in [5, 5.41) is 2.86. The number of ether oxygens (including phenoxy) is 2. The Morgan fingerprint density at radius 3 is 2.71 bits per heavy atom. The molecule has 0 saturated carbocycles. The van der Waals surface area contributed by atoms with Crippen LogP contribution in [0.3, 0.4) is 0 Å². The number of hydrogen-bond acceptors (Lipinski definition) is 5. The predicted octanol–water partition coefficient (Wildman–Crippen LogP) is 4.07. The van der Waals surface area contributed by atoms with Crippen molar-refractivity contribution in [2.45, 2.75) is 51.6 Å². The second kappa shape index (κ2) is 9.73. The topological polar surface area (TPSA) is 85.7 Å². The molecule has 0 unspecified atom stereocenters. The van der Waals surface area contributed by atoms with Crippen LogP contribution in [0.25, 0.3) is 0 Å². The number of pyridine rings is 1. The van der Waals surface area contributed by atoms with E-state index in [9.17, 15) is 22.8 Å². The van der Waals surface area contributed by atoms with E-state index in [2.05, 4.69) is 16.9 Å². The molecule has 8 nitrogen and oxygen atoms in total. The fourth-order valence-electron chi connectivity index (χ4n) is 4.49. The highest BCUT2D eigenvalue weighted by Crippen LogP contribution is 2.36. The average molecular weight is 492 g/mol. The van der Waals surface area contributed by atoms with Crippen LogP contribution >= 0.6 is 0 Å². The molecule has 2 amide bonds. The van der Waals surface area contributed by atoms with Gasteiger partial charge < -0.3 is 24.3 Å². The van der Waals surface area contributed by atoms with Crippen LogP contribution in [0.4, 0.5) is 13.2 Å². The van der Waals surface area contributed by atoms with Crippen molar-refractivity contribution >= 4 is 11.8 Å². The van der Waals surface area contributed by atoms with Gasteiger partial charge in [-0.15, -0.1) is 0 Å². The van der Waals surface area contributed by atoms with Crippen LogP contribution in [0, 0.1) is 0 Å². The number of allylic oxidation sites excluding steroid dienone is 1. The molecule has 0 spiro atoms. The van der Waals surface area contributed by atoms with Gasteiger partial charge >= 0.3 is 6.18 Å². The molecule has 0 radical (unpaired) electrons. The number of carbonyl (C=O) groups is 2. The van der Waals surface area contributed by atoms with Gasteiger partial charge in [-0.1, -0.05) is 13.5 Å². The molecule has 188 valence electrons. The smallest absolute Gasteiger partial charge is 0.437 e. The summed E-state index contributed by atoms with van der Waals surface area (Å²) in [6, 6.07) is 2.17. The first-order chi connectivity index (χ1) is 16.7. The normalized spacial score (nSPS) is 16.7. The van der Waals surface area contributed by atoms with Crippen molar-refractivity contribution in [3.8, 4) is 5.75 Å². The third-order valence-electron chi connectivity index (χ3n) is 6.32. The van der Waals surface area contributed by atoms with Crippen LogP contribution in [-0.4, -0.2) is 46.5 Å². The van der Waals surface area contributed by atoms with Crippen LogP contribution in [0.1, 0.15) is 70.0 Å². The number of rotatable bonds is 6. The van der Waals surface area contributed by atoms with E-state index in [4.69, 9.17) is 9.47 Å². The molecule has 2 aliphatic rings. The lowest BCUT2D eigenvalue weighted by molar-refractivity contribution is -0.142. The van der Waals surface area contributed by atoms with Crippen LogP contribution in [0.5, 0.6) is 5.75 Å². The van der Waals surface area contributed by atoms with E-state index in [-0.39, 0.29) is 12.5 Å². The van der Waals surface area contributed by atoms with Crippen LogP contribution in [-0.2, 0) is 24.1 Å². The van der Waals surface area contributed by atoms with E-state index in [0.717, 1.165) is 31.8 Å². The molecule has 35 heavy (non-hydrogen) atoms. The van der Waals surface area contributed by atoms with E-state index in [1.54, 1.807) is 22.5 Å². The number of methoxy groups -OCH3 is 1. The molecule has 1 N–H and O–H groups in total. The molecular weight excluding hydrogens is 465 g/mol. The third-order valence-corrected chi connectivity index (χ3v) is 6.32. The molecule has 1 atom stereocenters. The minimum Gasteiger partial charge on any atom is -0.494 e. The number of halogens is 3. The maximum Gasteiger partial charge on any atom is 0.437 e. The minimum absolute atomic E-state index is 0.170. The molecular formula is C24H27F3N4O4. The van der Waals surface area contributed by atoms with Crippen LogP contribution < -0.4 is 10.1 Å². The second-order valence-electron chi connectivity index (χ2n) is 8.47. The van der Waals surface area contributed by atoms with Gasteiger partial charge in [0.2, 0.25) is 0 Å². The van der Waals surface area contributed by atoms with Crippen molar-refractivity contribution in [2.75, 3.05) is 20.3 Å². The molecule has 2 aromatic heterocycles. The number of amides is 2. The number of nitrogens with zero attached hydrogens (tertiary/aromatic N) is 3. The van der Waals surface area contributed by atoms with Gasteiger partial charge in [-0.05, 0) is 37.0 Å². The SMILES string of the molecule is C=C1CCCN1C(=O)c1cc(C(=O)N[C@H](CC)c2cnc(C(F)(F)F)c(OC)c2)c2n1CCOC2. The zero-order chi connectivity index (χ0) is 25.3.